The summed E-state index contributed by atoms with van der Waals surface area (Å²) in [5, 5.41) is 7.41. The van der Waals surface area contributed by atoms with Crippen molar-refractivity contribution in [2.45, 2.75) is 44.2 Å². The van der Waals surface area contributed by atoms with E-state index < -0.39 is 5.91 Å². The van der Waals surface area contributed by atoms with E-state index in [1.54, 1.807) is 6.07 Å². The Morgan fingerprint density at radius 3 is 2.64 bits per heavy atom. The molecule has 0 saturated heterocycles. The molecule has 0 aromatic carbocycles. The number of carbonyl (C=O) groups is 2. The van der Waals surface area contributed by atoms with E-state index in [0.29, 0.717) is 17.9 Å². The Bertz CT molecular complexity index is 870. The van der Waals surface area contributed by atoms with Crippen molar-refractivity contribution in [1.82, 2.24) is 24.8 Å². The zero-order valence-electron chi connectivity index (χ0n) is 16.7. The number of hydrogen-bond donors (Lipinski definition) is 2. The van der Waals surface area contributed by atoms with Crippen molar-refractivity contribution in [2.75, 3.05) is 27.7 Å². The van der Waals surface area contributed by atoms with Crippen molar-refractivity contribution in [3.8, 4) is 0 Å². The molecule has 0 spiro atoms. The average molecular weight is 388 g/mol. The highest BCUT2D eigenvalue weighted by Gasteiger charge is 2.34. The topological polar surface area (TPSA) is 115 Å². The number of nitrogens with zero attached hydrogens (tertiary/aromatic N) is 4. The first-order valence-electron chi connectivity index (χ1n) is 9.50. The smallest absolute Gasteiger partial charge is 0.270 e. The minimum absolute atomic E-state index is 0.0379. The maximum absolute atomic E-state index is 12.9. The third-order valence-corrected chi connectivity index (χ3v) is 5.66. The summed E-state index contributed by atoms with van der Waals surface area (Å²) in [6.07, 6.45) is 7.15. The van der Waals surface area contributed by atoms with Crippen LogP contribution in [0.5, 0.6) is 0 Å². The zero-order valence-corrected chi connectivity index (χ0v) is 16.7. The van der Waals surface area contributed by atoms with Crippen molar-refractivity contribution in [2.24, 2.45) is 5.73 Å². The minimum Gasteiger partial charge on any atom is -0.378 e. The van der Waals surface area contributed by atoms with Crippen LogP contribution in [0.15, 0.2) is 12.3 Å². The van der Waals surface area contributed by atoms with Crippen LogP contribution in [0.1, 0.15) is 58.6 Å². The molecule has 2 heterocycles. The van der Waals surface area contributed by atoms with Gasteiger partial charge in [0.25, 0.3) is 11.8 Å². The molecule has 28 heavy (non-hydrogen) atoms. The number of fused-ring (bicyclic) bond motifs is 1. The fourth-order valence-electron chi connectivity index (χ4n) is 3.98. The third kappa shape index (κ3) is 3.72. The first-order valence-corrected chi connectivity index (χ1v) is 9.50. The van der Waals surface area contributed by atoms with Crippen LogP contribution >= 0.6 is 0 Å². The molecular weight excluding hydrogens is 360 g/mol. The minimum atomic E-state index is -0.652. The van der Waals surface area contributed by atoms with Gasteiger partial charge in [-0.3, -0.25) is 9.59 Å². The molecule has 1 aliphatic carbocycles. The van der Waals surface area contributed by atoms with E-state index >= 15 is 0 Å². The predicted molar refractivity (Wildman–Crippen MR) is 104 cm³/mol. The molecule has 2 aromatic rings. The molecule has 3 N–H and O–H groups in total. The van der Waals surface area contributed by atoms with Gasteiger partial charge in [0, 0.05) is 25.4 Å². The van der Waals surface area contributed by atoms with Gasteiger partial charge in [-0.15, -0.1) is 0 Å². The molecule has 0 bridgehead atoms. The number of rotatable bonds is 7. The van der Waals surface area contributed by atoms with Crippen LogP contribution in [0.25, 0.3) is 5.65 Å². The predicted octanol–water partition coefficient (Wildman–Crippen LogP) is 0.969. The number of methoxy groups -OCH3 is 1. The van der Waals surface area contributed by atoms with Crippen molar-refractivity contribution >= 4 is 17.5 Å². The quantitative estimate of drug-likeness (QED) is 0.730. The van der Waals surface area contributed by atoms with Crippen LogP contribution < -0.4 is 11.1 Å². The molecule has 2 amide bonds. The van der Waals surface area contributed by atoms with Gasteiger partial charge < -0.3 is 20.7 Å². The largest absolute Gasteiger partial charge is 0.378 e. The van der Waals surface area contributed by atoms with Gasteiger partial charge in [-0.1, -0.05) is 19.3 Å². The van der Waals surface area contributed by atoms with Crippen molar-refractivity contribution < 1.29 is 14.3 Å². The molecule has 1 aliphatic rings. The number of likely N-dealkylation sites (N-methyl/N-ethyl adjacent to an activating group) is 1. The molecule has 9 heteroatoms. The summed E-state index contributed by atoms with van der Waals surface area (Å²) in [7, 11) is 5.62. The summed E-state index contributed by atoms with van der Waals surface area (Å²) in [5.74, 6) is -0.914. The van der Waals surface area contributed by atoms with E-state index in [0.717, 1.165) is 25.7 Å². The van der Waals surface area contributed by atoms with Crippen LogP contribution in [-0.2, 0) is 11.3 Å². The second-order valence-electron chi connectivity index (χ2n) is 7.55. The van der Waals surface area contributed by atoms with Crippen molar-refractivity contribution in [3.05, 3.63) is 29.2 Å². The molecule has 0 aliphatic heterocycles. The maximum Gasteiger partial charge on any atom is 0.270 e. The monoisotopic (exact) mass is 388 g/mol. The Kier molecular flexibility index (Phi) is 5.95. The van der Waals surface area contributed by atoms with E-state index in [-0.39, 0.29) is 29.3 Å². The normalized spacial score (nSPS) is 16.4. The molecule has 2 aromatic heterocycles. The van der Waals surface area contributed by atoms with E-state index in [2.05, 4.69) is 34.4 Å². The number of hydrogen-bond acceptors (Lipinski definition) is 6. The van der Waals surface area contributed by atoms with Gasteiger partial charge in [0.05, 0.1) is 6.61 Å². The molecule has 152 valence electrons. The number of primary amides is 1. The molecule has 1 saturated carbocycles. The van der Waals surface area contributed by atoms with Crippen molar-refractivity contribution in [3.63, 3.8) is 0 Å². The lowest BCUT2D eigenvalue weighted by molar-refractivity contribution is 0.0794. The fourth-order valence-corrected chi connectivity index (χ4v) is 3.98. The van der Waals surface area contributed by atoms with Crippen LogP contribution in [0.3, 0.4) is 0 Å². The van der Waals surface area contributed by atoms with E-state index in [1.165, 1.54) is 24.2 Å². The van der Waals surface area contributed by atoms with E-state index in [9.17, 15) is 9.59 Å². The molecule has 0 atom stereocenters. The van der Waals surface area contributed by atoms with Crippen LogP contribution in [0, 0.1) is 0 Å². The van der Waals surface area contributed by atoms with Gasteiger partial charge in [-0.05, 0) is 33.0 Å². The van der Waals surface area contributed by atoms with Gasteiger partial charge in [0.2, 0.25) is 0 Å². The number of carbonyl (C=O) groups excluding carboxylic acids is 2. The summed E-state index contributed by atoms with van der Waals surface area (Å²) in [4.78, 5) is 31.2. The molecule has 0 radical (unpaired) electrons. The van der Waals surface area contributed by atoms with Crippen molar-refractivity contribution in [1.29, 1.82) is 0 Å². The summed E-state index contributed by atoms with van der Waals surface area (Å²) in [5.41, 5.74) is 6.55. The Hall–Kier alpha value is -2.52. The summed E-state index contributed by atoms with van der Waals surface area (Å²) in [6, 6.07) is 1.58. The standard InChI is InChI=1S/C19H28N6O3/c1-24(2)19(8-5-4-6-9-19)12-22-18(27)14-7-10-21-17-15(16(20)26)13(11-28-3)23-25(14)17/h7,10H,4-6,8-9,11-12H2,1-3H3,(H2,20,26)(H,22,27). The van der Waals surface area contributed by atoms with Gasteiger partial charge in [0.15, 0.2) is 5.65 Å². The number of amides is 2. The highest BCUT2D eigenvalue weighted by molar-refractivity contribution is 6.01. The Labute approximate surface area is 164 Å². The Morgan fingerprint density at radius 2 is 2.04 bits per heavy atom. The Morgan fingerprint density at radius 1 is 1.32 bits per heavy atom. The lowest BCUT2D eigenvalue weighted by Gasteiger charge is -2.43. The van der Waals surface area contributed by atoms with Crippen LogP contribution in [-0.4, -0.2) is 64.6 Å². The SMILES string of the molecule is COCc1nn2c(C(=O)NCC3(N(C)C)CCCCC3)ccnc2c1C(N)=O. The Balaban J connectivity index is 1.89. The molecule has 9 nitrogen and oxygen atoms in total. The number of nitrogens with two attached hydrogens (primary N) is 1. The summed E-state index contributed by atoms with van der Waals surface area (Å²) in [6.45, 7) is 0.657. The van der Waals surface area contributed by atoms with E-state index in [1.807, 2.05) is 0 Å². The van der Waals surface area contributed by atoms with Crippen LogP contribution in [0.2, 0.25) is 0 Å². The highest BCUT2D eigenvalue weighted by Crippen LogP contribution is 2.31. The fraction of sp³-hybridized carbons (Fsp3) is 0.579. The molecule has 1 fully saturated rings. The zero-order chi connectivity index (χ0) is 20.3. The molecule has 3 rings (SSSR count). The summed E-state index contributed by atoms with van der Waals surface area (Å²) >= 11 is 0. The van der Waals surface area contributed by atoms with Gasteiger partial charge >= 0.3 is 0 Å². The highest BCUT2D eigenvalue weighted by atomic mass is 16.5. The maximum atomic E-state index is 12.9. The third-order valence-electron chi connectivity index (χ3n) is 5.66. The van der Waals surface area contributed by atoms with Gasteiger partial charge in [-0.25, -0.2) is 9.50 Å². The number of nitrogens with one attached hydrogen (secondary N) is 1. The first kappa shape index (κ1) is 20.2. The second kappa shape index (κ2) is 8.24. The van der Waals surface area contributed by atoms with Crippen LogP contribution in [0.4, 0.5) is 0 Å². The second-order valence-corrected chi connectivity index (χ2v) is 7.55. The number of ether oxygens (including phenoxy) is 1. The van der Waals surface area contributed by atoms with E-state index in [4.69, 9.17) is 10.5 Å². The molecular formula is C19H28N6O3. The molecule has 0 unspecified atom stereocenters. The lowest BCUT2D eigenvalue weighted by Crippen LogP contribution is -2.53. The number of aromatic nitrogens is 3. The summed E-state index contributed by atoms with van der Waals surface area (Å²) < 4.78 is 6.47. The lowest BCUT2D eigenvalue weighted by atomic mass is 9.80. The van der Waals surface area contributed by atoms with Gasteiger partial charge in [0.1, 0.15) is 17.0 Å². The average Bonchev–Trinajstić information content (AvgIpc) is 3.05. The van der Waals surface area contributed by atoms with Gasteiger partial charge in [-0.2, -0.15) is 5.10 Å². The first-order chi connectivity index (χ1) is 13.4.